The lowest BCUT2D eigenvalue weighted by molar-refractivity contribution is -0.120. The number of halogens is 1. The second kappa shape index (κ2) is 10.6. The molecule has 0 aliphatic rings. The Balaban J connectivity index is 1.57. The van der Waals surface area contributed by atoms with E-state index in [0.29, 0.717) is 5.75 Å². The molecule has 0 aliphatic carbocycles. The quantitative estimate of drug-likeness (QED) is 0.444. The van der Waals surface area contributed by atoms with Gasteiger partial charge in [-0.25, -0.2) is 12.8 Å². The first kappa shape index (κ1) is 23.7. The molecule has 0 aliphatic heterocycles. The van der Waals surface area contributed by atoms with Crippen molar-refractivity contribution >= 4 is 27.5 Å². The van der Waals surface area contributed by atoms with Gasteiger partial charge in [0.1, 0.15) is 11.6 Å². The highest BCUT2D eigenvalue weighted by molar-refractivity contribution is 7.92. The topological polar surface area (TPSA) is 114 Å². The number of hydrogen-bond donors (Lipinski definition) is 3. The number of carbonyl (C=O) groups is 2. The molecule has 0 aromatic heterocycles. The average molecular weight is 472 g/mol. The molecule has 0 fully saturated rings. The van der Waals surface area contributed by atoms with E-state index in [2.05, 4.69) is 15.4 Å². The summed E-state index contributed by atoms with van der Waals surface area (Å²) in [6.07, 6.45) is 0. The number of amides is 2. The second-order valence-corrected chi connectivity index (χ2v) is 8.60. The van der Waals surface area contributed by atoms with Gasteiger partial charge in [0.05, 0.1) is 24.2 Å². The first-order chi connectivity index (χ1) is 15.8. The van der Waals surface area contributed by atoms with Crippen LogP contribution in [0.3, 0.4) is 0 Å². The van der Waals surface area contributed by atoms with Gasteiger partial charge in [0.25, 0.3) is 15.9 Å². The van der Waals surface area contributed by atoms with Gasteiger partial charge >= 0.3 is 0 Å². The van der Waals surface area contributed by atoms with Gasteiger partial charge in [-0.1, -0.05) is 30.3 Å². The molecule has 0 spiro atoms. The van der Waals surface area contributed by atoms with Gasteiger partial charge in [0.15, 0.2) is 0 Å². The summed E-state index contributed by atoms with van der Waals surface area (Å²) in [5.74, 6) is -1.07. The van der Waals surface area contributed by atoms with E-state index in [4.69, 9.17) is 4.74 Å². The van der Waals surface area contributed by atoms with Gasteiger partial charge in [-0.05, 0) is 48.0 Å². The van der Waals surface area contributed by atoms with Crippen LogP contribution in [-0.4, -0.2) is 33.9 Å². The van der Waals surface area contributed by atoms with Crippen molar-refractivity contribution in [2.75, 3.05) is 18.4 Å². The molecule has 8 nitrogen and oxygen atoms in total. The lowest BCUT2D eigenvalue weighted by atomic mass is 10.2. The number of para-hydroxylation sites is 1. The molecule has 0 saturated carbocycles. The van der Waals surface area contributed by atoms with E-state index in [0.717, 1.165) is 17.7 Å². The zero-order valence-electron chi connectivity index (χ0n) is 17.7. The molecule has 3 rings (SSSR count). The third-order valence-electron chi connectivity index (χ3n) is 4.58. The van der Waals surface area contributed by atoms with Gasteiger partial charge < -0.3 is 15.4 Å². The van der Waals surface area contributed by atoms with Crippen LogP contribution in [0.4, 0.5) is 10.1 Å². The van der Waals surface area contributed by atoms with Crippen molar-refractivity contribution in [2.24, 2.45) is 0 Å². The molecule has 3 N–H and O–H groups in total. The van der Waals surface area contributed by atoms with Crippen LogP contribution in [0.25, 0.3) is 0 Å². The summed E-state index contributed by atoms with van der Waals surface area (Å²) in [4.78, 5) is 24.2. The maximum Gasteiger partial charge on any atom is 0.262 e. The highest BCUT2D eigenvalue weighted by Gasteiger charge is 2.18. The fourth-order valence-corrected chi connectivity index (χ4v) is 3.93. The molecule has 0 heterocycles. The Bertz CT molecular complexity index is 1250. The van der Waals surface area contributed by atoms with Crippen molar-refractivity contribution in [1.29, 1.82) is 0 Å². The van der Waals surface area contributed by atoms with Gasteiger partial charge in [0.2, 0.25) is 5.91 Å². The van der Waals surface area contributed by atoms with Crippen LogP contribution in [-0.2, 0) is 21.4 Å². The summed E-state index contributed by atoms with van der Waals surface area (Å²) in [6, 6.07) is 17.7. The zero-order chi connectivity index (χ0) is 23.8. The minimum Gasteiger partial charge on any atom is -0.497 e. The van der Waals surface area contributed by atoms with Crippen molar-refractivity contribution in [3.63, 3.8) is 0 Å². The van der Waals surface area contributed by atoms with E-state index in [9.17, 15) is 22.4 Å². The number of benzene rings is 3. The minimum atomic E-state index is -4.13. The second-order valence-electron chi connectivity index (χ2n) is 6.92. The third kappa shape index (κ3) is 6.53. The Morgan fingerprint density at radius 3 is 2.36 bits per heavy atom. The van der Waals surface area contributed by atoms with E-state index in [1.54, 1.807) is 31.4 Å². The number of ether oxygens (including phenoxy) is 1. The number of rotatable bonds is 9. The first-order valence-corrected chi connectivity index (χ1v) is 11.3. The van der Waals surface area contributed by atoms with Gasteiger partial charge in [0, 0.05) is 12.1 Å². The largest absolute Gasteiger partial charge is 0.497 e. The zero-order valence-corrected chi connectivity index (χ0v) is 18.5. The normalized spacial score (nSPS) is 10.8. The number of methoxy groups -OCH3 is 1. The Kier molecular flexibility index (Phi) is 7.62. The number of sulfonamides is 1. The molecule has 3 aromatic rings. The average Bonchev–Trinajstić information content (AvgIpc) is 2.83. The predicted molar refractivity (Wildman–Crippen MR) is 121 cm³/mol. The maximum absolute atomic E-state index is 13.8. The Hall–Kier alpha value is -3.92. The SMILES string of the molecule is COc1ccc(CNC(=O)CNC(=O)c2cccc(S(=O)(=O)Nc3ccccc3F)c2)cc1. The fourth-order valence-electron chi connectivity index (χ4n) is 2.82. The molecule has 10 heteroatoms. The summed E-state index contributed by atoms with van der Waals surface area (Å²) in [7, 11) is -2.57. The predicted octanol–water partition coefficient (Wildman–Crippen LogP) is 2.68. The van der Waals surface area contributed by atoms with Gasteiger partial charge in [-0.15, -0.1) is 0 Å². The highest BCUT2D eigenvalue weighted by atomic mass is 32.2. The summed E-state index contributed by atoms with van der Waals surface area (Å²) < 4.78 is 46.2. The first-order valence-electron chi connectivity index (χ1n) is 9.84. The van der Waals surface area contributed by atoms with Crippen LogP contribution in [0.1, 0.15) is 15.9 Å². The van der Waals surface area contributed by atoms with Gasteiger partial charge in [-0.2, -0.15) is 0 Å². The summed E-state index contributed by atoms with van der Waals surface area (Å²) in [5, 5.41) is 5.12. The molecule has 172 valence electrons. The van der Waals surface area contributed by atoms with Crippen LogP contribution in [0.15, 0.2) is 77.7 Å². The van der Waals surface area contributed by atoms with Crippen LogP contribution in [0.2, 0.25) is 0 Å². The Morgan fingerprint density at radius 1 is 0.939 bits per heavy atom. The molecule has 0 atom stereocenters. The van der Waals surface area contributed by atoms with Gasteiger partial charge in [-0.3, -0.25) is 14.3 Å². The molecule has 0 bridgehead atoms. The molecule has 0 radical (unpaired) electrons. The Morgan fingerprint density at radius 2 is 1.67 bits per heavy atom. The molecule has 33 heavy (non-hydrogen) atoms. The third-order valence-corrected chi connectivity index (χ3v) is 5.95. The molecular weight excluding hydrogens is 449 g/mol. The van der Waals surface area contributed by atoms with Crippen molar-refractivity contribution in [2.45, 2.75) is 11.4 Å². The molecule has 3 aromatic carbocycles. The van der Waals surface area contributed by atoms with Crippen LogP contribution in [0.5, 0.6) is 5.75 Å². The molecular formula is C23H22FN3O5S. The number of nitrogens with one attached hydrogen (secondary N) is 3. The summed E-state index contributed by atoms with van der Waals surface area (Å²) >= 11 is 0. The monoisotopic (exact) mass is 471 g/mol. The minimum absolute atomic E-state index is 0.0364. The van der Waals surface area contributed by atoms with Crippen molar-refractivity contribution in [3.8, 4) is 5.75 Å². The van der Waals surface area contributed by atoms with Crippen LogP contribution < -0.4 is 20.1 Å². The van der Waals surface area contributed by atoms with Crippen LogP contribution >= 0.6 is 0 Å². The fraction of sp³-hybridized carbons (Fsp3) is 0.130. The van der Waals surface area contributed by atoms with E-state index < -0.39 is 27.7 Å². The van der Waals surface area contributed by atoms with Crippen molar-refractivity contribution in [1.82, 2.24) is 10.6 Å². The number of hydrogen-bond acceptors (Lipinski definition) is 5. The maximum atomic E-state index is 13.8. The van der Waals surface area contributed by atoms with Crippen molar-refractivity contribution in [3.05, 3.63) is 89.7 Å². The molecule has 0 saturated heterocycles. The number of anilines is 1. The summed E-state index contributed by atoms with van der Waals surface area (Å²) in [6.45, 7) is -0.0203. The summed E-state index contributed by atoms with van der Waals surface area (Å²) in [5.41, 5.74) is 0.686. The highest BCUT2D eigenvalue weighted by Crippen LogP contribution is 2.19. The Labute approximate surface area is 190 Å². The molecule has 2 amide bonds. The lowest BCUT2D eigenvalue weighted by Gasteiger charge is -2.11. The lowest BCUT2D eigenvalue weighted by Crippen LogP contribution is -2.36. The standard InChI is InChI=1S/C23H22FN3O5S/c1-32-18-11-9-16(10-12-18)14-25-22(28)15-26-23(29)17-5-4-6-19(13-17)33(30,31)27-21-8-3-2-7-20(21)24/h2-13,27H,14-15H2,1H3,(H,25,28)(H,26,29). The van der Waals surface area contributed by atoms with E-state index >= 15 is 0 Å². The van der Waals surface area contributed by atoms with E-state index in [1.165, 1.54) is 36.4 Å². The number of carbonyl (C=O) groups excluding carboxylic acids is 2. The van der Waals surface area contributed by atoms with Crippen molar-refractivity contribution < 1.29 is 27.1 Å². The van der Waals surface area contributed by atoms with E-state index in [-0.39, 0.29) is 29.2 Å². The van der Waals surface area contributed by atoms with Crippen LogP contribution in [0, 0.1) is 5.82 Å². The smallest absolute Gasteiger partial charge is 0.262 e. The molecule has 0 unspecified atom stereocenters. The van der Waals surface area contributed by atoms with E-state index in [1.807, 2.05) is 0 Å².